The van der Waals surface area contributed by atoms with E-state index in [9.17, 15) is 0 Å². The molecule has 0 spiro atoms. The van der Waals surface area contributed by atoms with E-state index in [1.807, 2.05) is 18.2 Å². The fraction of sp³-hybridized carbons (Fsp3) is 0.588. The van der Waals surface area contributed by atoms with E-state index in [0.717, 1.165) is 36.6 Å². The monoisotopic (exact) mass is 350 g/mol. The number of nitrogens with one attached hydrogen (secondary N) is 2. The van der Waals surface area contributed by atoms with Gasteiger partial charge in [0, 0.05) is 39.3 Å². The Morgan fingerprint density at radius 3 is 2.75 bits per heavy atom. The first-order valence-corrected chi connectivity index (χ1v) is 8.93. The zero-order valence-electron chi connectivity index (χ0n) is 14.2. The normalized spacial score (nSPS) is 17.7. The summed E-state index contributed by atoms with van der Waals surface area (Å²) in [6, 6.07) is 5.95. The second kappa shape index (κ2) is 8.50. The number of benzene rings is 1. The molecule has 1 aromatic rings. The Kier molecular flexibility index (Phi) is 6.12. The van der Waals surface area contributed by atoms with Gasteiger partial charge in [-0.2, -0.15) is 0 Å². The maximum atomic E-state index is 5.38. The van der Waals surface area contributed by atoms with Crippen LogP contribution in [0.3, 0.4) is 0 Å². The van der Waals surface area contributed by atoms with Crippen LogP contribution in [0, 0.1) is 0 Å². The molecule has 2 aliphatic heterocycles. The molecule has 24 heavy (non-hydrogen) atoms. The van der Waals surface area contributed by atoms with Crippen molar-refractivity contribution in [2.24, 2.45) is 0 Å². The van der Waals surface area contributed by atoms with Gasteiger partial charge in [-0.25, -0.2) is 0 Å². The van der Waals surface area contributed by atoms with Crippen molar-refractivity contribution in [2.45, 2.75) is 13.0 Å². The molecule has 0 radical (unpaired) electrons. The molecule has 0 atom stereocenters. The van der Waals surface area contributed by atoms with Crippen LogP contribution in [0.25, 0.3) is 0 Å². The minimum atomic E-state index is 0.305. The Morgan fingerprint density at radius 2 is 1.92 bits per heavy atom. The lowest BCUT2D eigenvalue weighted by Gasteiger charge is -2.32. The molecule has 6 nitrogen and oxygen atoms in total. The van der Waals surface area contributed by atoms with E-state index < -0.39 is 0 Å². The number of hydrogen-bond donors (Lipinski definition) is 2. The zero-order chi connectivity index (χ0) is 16.8. The highest BCUT2D eigenvalue weighted by molar-refractivity contribution is 7.80. The van der Waals surface area contributed by atoms with Gasteiger partial charge in [0.2, 0.25) is 6.79 Å². The number of rotatable bonds is 6. The molecular weight excluding hydrogens is 324 g/mol. The van der Waals surface area contributed by atoms with Crippen molar-refractivity contribution in [3.63, 3.8) is 0 Å². The maximum absolute atomic E-state index is 5.38. The van der Waals surface area contributed by atoms with Crippen LogP contribution in [-0.4, -0.2) is 68.0 Å². The van der Waals surface area contributed by atoms with E-state index in [-0.39, 0.29) is 0 Å². The quantitative estimate of drug-likeness (QED) is 0.587. The van der Waals surface area contributed by atoms with Gasteiger partial charge in [-0.05, 0) is 49.9 Å². The maximum Gasteiger partial charge on any atom is 0.231 e. The fourth-order valence-electron chi connectivity index (χ4n) is 2.87. The summed E-state index contributed by atoms with van der Waals surface area (Å²) in [5.74, 6) is 1.61. The number of ether oxygens (including phenoxy) is 2. The molecule has 3 rings (SSSR count). The largest absolute Gasteiger partial charge is 0.454 e. The van der Waals surface area contributed by atoms with E-state index in [0.29, 0.717) is 18.5 Å². The van der Waals surface area contributed by atoms with Gasteiger partial charge in [-0.1, -0.05) is 6.07 Å². The summed E-state index contributed by atoms with van der Waals surface area (Å²) in [6.45, 7) is 7.70. The number of fused-ring (bicyclic) bond motifs is 1. The highest BCUT2D eigenvalue weighted by Gasteiger charge is 2.14. The summed E-state index contributed by atoms with van der Waals surface area (Å²) in [5, 5.41) is 7.22. The minimum Gasteiger partial charge on any atom is -0.454 e. The highest BCUT2D eigenvalue weighted by Crippen LogP contribution is 2.32. The molecular formula is C17H26N4O2S. The predicted octanol–water partition coefficient (Wildman–Crippen LogP) is 1.02. The van der Waals surface area contributed by atoms with Crippen molar-refractivity contribution in [2.75, 3.05) is 53.1 Å². The van der Waals surface area contributed by atoms with Gasteiger partial charge in [0.1, 0.15) is 0 Å². The van der Waals surface area contributed by atoms with Crippen LogP contribution in [0.2, 0.25) is 0 Å². The molecule has 0 saturated carbocycles. The second-order valence-electron chi connectivity index (χ2n) is 6.30. The SMILES string of the molecule is CN1CCN(CCCNC(=S)NCc2ccc3c(c2)OCO3)CC1. The van der Waals surface area contributed by atoms with Gasteiger partial charge in [-0.3, -0.25) is 0 Å². The van der Waals surface area contributed by atoms with Crippen molar-refractivity contribution in [1.29, 1.82) is 0 Å². The van der Waals surface area contributed by atoms with E-state index in [1.54, 1.807) is 0 Å². The first kappa shape index (κ1) is 17.3. The van der Waals surface area contributed by atoms with Gasteiger partial charge >= 0.3 is 0 Å². The summed E-state index contributed by atoms with van der Waals surface area (Å²) < 4.78 is 10.7. The Labute approximate surface area is 149 Å². The van der Waals surface area contributed by atoms with Crippen LogP contribution in [0.4, 0.5) is 0 Å². The van der Waals surface area contributed by atoms with Crippen LogP contribution < -0.4 is 20.1 Å². The average molecular weight is 350 g/mol. The first-order valence-electron chi connectivity index (χ1n) is 8.52. The standard InChI is InChI=1S/C17H26N4O2S/c1-20-7-9-21(10-8-20)6-2-5-18-17(24)19-12-14-3-4-15-16(11-14)23-13-22-15/h3-4,11H,2,5-10,12-13H2,1H3,(H2,18,19,24). The molecule has 2 N–H and O–H groups in total. The van der Waals surface area contributed by atoms with Crippen molar-refractivity contribution in [3.8, 4) is 11.5 Å². The third-order valence-corrected chi connectivity index (χ3v) is 4.71. The van der Waals surface area contributed by atoms with Gasteiger partial charge in [-0.15, -0.1) is 0 Å². The molecule has 0 aromatic heterocycles. The lowest BCUT2D eigenvalue weighted by atomic mass is 10.2. The topological polar surface area (TPSA) is 49.0 Å². The first-order chi connectivity index (χ1) is 11.7. The molecule has 132 valence electrons. The van der Waals surface area contributed by atoms with E-state index >= 15 is 0 Å². The molecule has 0 unspecified atom stereocenters. The summed E-state index contributed by atoms with van der Waals surface area (Å²) in [4.78, 5) is 4.90. The predicted molar refractivity (Wildman–Crippen MR) is 98.6 cm³/mol. The van der Waals surface area contributed by atoms with Crippen LogP contribution in [0.15, 0.2) is 18.2 Å². The van der Waals surface area contributed by atoms with Gasteiger partial charge < -0.3 is 29.9 Å². The molecule has 0 aliphatic carbocycles. The third kappa shape index (κ3) is 4.96. The Hall–Kier alpha value is -1.57. The van der Waals surface area contributed by atoms with Crippen molar-refractivity contribution < 1.29 is 9.47 Å². The Morgan fingerprint density at radius 1 is 1.12 bits per heavy atom. The molecule has 2 aliphatic rings. The number of likely N-dealkylation sites (N-methyl/N-ethyl adjacent to an activating group) is 1. The molecule has 1 saturated heterocycles. The fourth-order valence-corrected chi connectivity index (χ4v) is 3.05. The number of thiocarbonyl (C=S) groups is 1. The highest BCUT2D eigenvalue weighted by atomic mass is 32.1. The van der Waals surface area contributed by atoms with Crippen LogP contribution in [0.5, 0.6) is 11.5 Å². The number of nitrogens with zero attached hydrogens (tertiary/aromatic N) is 2. The number of piperazine rings is 1. The Bertz CT molecular complexity index is 562. The minimum absolute atomic E-state index is 0.305. The zero-order valence-corrected chi connectivity index (χ0v) is 15.0. The van der Waals surface area contributed by atoms with Crippen LogP contribution in [0.1, 0.15) is 12.0 Å². The molecule has 7 heteroatoms. The molecule has 1 fully saturated rings. The summed E-state index contributed by atoms with van der Waals surface area (Å²) in [6.07, 6.45) is 1.11. The summed E-state index contributed by atoms with van der Waals surface area (Å²) in [5.41, 5.74) is 1.13. The van der Waals surface area contributed by atoms with E-state index in [2.05, 4.69) is 27.5 Å². The van der Waals surface area contributed by atoms with Gasteiger partial charge in [0.05, 0.1) is 0 Å². The average Bonchev–Trinajstić information content (AvgIpc) is 3.06. The molecule has 1 aromatic carbocycles. The van der Waals surface area contributed by atoms with Crippen LogP contribution >= 0.6 is 12.2 Å². The van der Waals surface area contributed by atoms with Gasteiger partial charge in [0.25, 0.3) is 0 Å². The smallest absolute Gasteiger partial charge is 0.231 e. The molecule has 0 amide bonds. The molecule has 0 bridgehead atoms. The summed E-state index contributed by atoms with van der Waals surface area (Å²) >= 11 is 5.34. The lowest BCUT2D eigenvalue weighted by Crippen LogP contribution is -2.45. The van der Waals surface area contributed by atoms with Gasteiger partial charge in [0.15, 0.2) is 16.6 Å². The second-order valence-corrected chi connectivity index (χ2v) is 6.70. The number of hydrogen-bond acceptors (Lipinski definition) is 5. The molecule has 2 heterocycles. The van der Waals surface area contributed by atoms with Crippen molar-refractivity contribution >= 4 is 17.3 Å². The lowest BCUT2D eigenvalue weighted by molar-refractivity contribution is 0.153. The van der Waals surface area contributed by atoms with Crippen molar-refractivity contribution in [1.82, 2.24) is 20.4 Å². The Balaban J connectivity index is 1.29. The van der Waals surface area contributed by atoms with Crippen molar-refractivity contribution in [3.05, 3.63) is 23.8 Å². The van der Waals surface area contributed by atoms with E-state index in [4.69, 9.17) is 21.7 Å². The third-order valence-electron chi connectivity index (χ3n) is 4.42. The summed E-state index contributed by atoms with van der Waals surface area (Å²) in [7, 11) is 2.18. The van der Waals surface area contributed by atoms with Crippen LogP contribution in [-0.2, 0) is 6.54 Å². The van der Waals surface area contributed by atoms with E-state index in [1.165, 1.54) is 26.2 Å².